The molecular weight excluding hydrogens is 474 g/mol. The highest BCUT2D eigenvalue weighted by Crippen LogP contribution is 2.32. The Labute approximate surface area is 218 Å². The molecule has 1 aliphatic rings. The molecular formula is C29H39NO5S. The maximum atomic E-state index is 13.3. The van der Waals surface area contributed by atoms with Crippen LogP contribution in [0.15, 0.2) is 35.2 Å². The Kier molecular flexibility index (Phi) is 9.25. The number of carbonyl (C=O) groups is 2. The van der Waals surface area contributed by atoms with E-state index in [-0.39, 0.29) is 18.1 Å². The van der Waals surface area contributed by atoms with Crippen LogP contribution in [0.4, 0.5) is 0 Å². The van der Waals surface area contributed by atoms with Gasteiger partial charge in [0, 0.05) is 11.3 Å². The molecule has 1 aromatic carbocycles. The second kappa shape index (κ2) is 11.8. The molecule has 1 aliphatic heterocycles. The van der Waals surface area contributed by atoms with Crippen LogP contribution in [0.25, 0.3) is 6.08 Å². The lowest BCUT2D eigenvalue weighted by atomic mass is 9.73. The normalized spacial score (nSPS) is 28.6. The first kappa shape index (κ1) is 28.2. The van der Waals surface area contributed by atoms with Crippen LogP contribution in [0.5, 0.6) is 0 Å². The van der Waals surface area contributed by atoms with Gasteiger partial charge < -0.3 is 14.9 Å². The van der Waals surface area contributed by atoms with Crippen molar-refractivity contribution in [3.05, 3.63) is 57.0 Å². The summed E-state index contributed by atoms with van der Waals surface area (Å²) in [6.45, 7) is 10.8. The molecule has 0 unspecified atom stereocenters. The first-order valence-corrected chi connectivity index (χ1v) is 13.5. The number of rotatable bonds is 2. The molecule has 0 fully saturated rings. The Morgan fingerprint density at radius 3 is 2.53 bits per heavy atom. The highest BCUT2D eigenvalue weighted by atomic mass is 32.1. The Balaban J connectivity index is 1.95. The van der Waals surface area contributed by atoms with Gasteiger partial charge in [-0.25, -0.2) is 4.98 Å². The number of hydrogen-bond donors (Lipinski definition) is 2. The van der Waals surface area contributed by atoms with E-state index in [4.69, 9.17) is 4.74 Å². The number of ketones is 1. The number of Topliss-reactive ketones (excluding diaryl/α,β-unsaturated/α-hetero) is 1. The van der Waals surface area contributed by atoms with Crippen LogP contribution in [0.3, 0.4) is 0 Å². The van der Waals surface area contributed by atoms with E-state index in [1.54, 1.807) is 32.1 Å². The molecule has 2 bridgehead atoms. The molecule has 5 atom stereocenters. The Bertz CT molecular complexity index is 1100. The number of aliphatic hydroxyl groups excluding tert-OH is 2. The van der Waals surface area contributed by atoms with E-state index < -0.39 is 35.6 Å². The fourth-order valence-corrected chi connectivity index (χ4v) is 5.44. The van der Waals surface area contributed by atoms with Crippen molar-refractivity contribution >= 4 is 29.2 Å². The number of benzene rings is 1. The van der Waals surface area contributed by atoms with Crippen LogP contribution < -0.4 is 0 Å². The number of carbonyl (C=O) groups excluding carboxylic acids is 2. The number of cyclic esters (lactones) is 1. The molecule has 6 nitrogen and oxygen atoms in total. The zero-order chi connectivity index (χ0) is 26.6. The van der Waals surface area contributed by atoms with Gasteiger partial charge >= 0.3 is 5.97 Å². The summed E-state index contributed by atoms with van der Waals surface area (Å²) in [6, 6.07) is 8.21. The average Bonchev–Trinajstić information content (AvgIpc) is 3.23. The summed E-state index contributed by atoms with van der Waals surface area (Å²) in [6.07, 6.45) is 0.976. The number of nitrogens with zero attached hydrogens (tertiary/aromatic N) is 1. The predicted molar refractivity (Wildman–Crippen MR) is 143 cm³/mol. The van der Waals surface area contributed by atoms with E-state index in [9.17, 15) is 19.8 Å². The highest BCUT2D eigenvalue weighted by molar-refractivity contribution is 7.09. The quantitative estimate of drug-likeness (QED) is 0.553. The second-order valence-electron chi connectivity index (χ2n) is 10.8. The molecule has 0 aliphatic carbocycles. The van der Waals surface area contributed by atoms with Gasteiger partial charge in [0.1, 0.15) is 11.9 Å². The molecule has 196 valence electrons. The van der Waals surface area contributed by atoms with Crippen LogP contribution in [-0.4, -0.2) is 45.3 Å². The molecule has 0 saturated carbocycles. The molecule has 1 aromatic heterocycles. The minimum atomic E-state index is -1.23. The minimum absolute atomic E-state index is 0.149. The topological polar surface area (TPSA) is 96.7 Å². The van der Waals surface area contributed by atoms with Crippen LogP contribution in [-0.2, 0) is 27.2 Å². The number of aromatic nitrogens is 1. The third kappa shape index (κ3) is 6.90. The summed E-state index contributed by atoms with van der Waals surface area (Å²) in [7, 11) is 0. The Morgan fingerprint density at radius 2 is 1.86 bits per heavy atom. The van der Waals surface area contributed by atoms with Gasteiger partial charge in [0.25, 0.3) is 0 Å². The van der Waals surface area contributed by atoms with Gasteiger partial charge in [-0.05, 0) is 61.8 Å². The monoisotopic (exact) mass is 513 g/mol. The number of thiazole rings is 1. The number of aryl methyl sites for hydroxylation is 2. The molecule has 0 radical (unpaired) electrons. The van der Waals surface area contributed by atoms with Gasteiger partial charge in [0.15, 0.2) is 0 Å². The Morgan fingerprint density at radius 1 is 1.17 bits per heavy atom. The van der Waals surface area contributed by atoms with E-state index in [0.717, 1.165) is 27.4 Å². The zero-order valence-electron chi connectivity index (χ0n) is 22.2. The van der Waals surface area contributed by atoms with Crippen LogP contribution >= 0.6 is 11.3 Å². The molecule has 2 aromatic rings. The fourth-order valence-electron chi connectivity index (χ4n) is 4.87. The fraction of sp³-hybridized carbons (Fsp3) is 0.552. The number of aliphatic hydroxyl groups is 2. The molecule has 3 rings (SSSR count). The summed E-state index contributed by atoms with van der Waals surface area (Å²) in [5.74, 6) is -1.66. The van der Waals surface area contributed by atoms with Crippen molar-refractivity contribution < 1.29 is 24.5 Å². The lowest BCUT2D eigenvalue weighted by molar-refractivity contribution is -0.154. The van der Waals surface area contributed by atoms with Gasteiger partial charge in [-0.3, -0.25) is 9.59 Å². The molecule has 2 heterocycles. The van der Waals surface area contributed by atoms with Crippen molar-refractivity contribution in [2.75, 3.05) is 0 Å². The van der Waals surface area contributed by atoms with Crippen molar-refractivity contribution in [1.82, 2.24) is 4.98 Å². The van der Waals surface area contributed by atoms with Crippen molar-refractivity contribution in [3.8, 4) is 0 Å². The number of fused-ring (bicyclic) bond motifs is 2. The summed E-state index contributed by atoms with van der Waals surface area (Å²) in [5, 5.41) is 24.8. The van der Waals surface area contributed by atoms with Crippen molar-refractivity contribution in [1.29, 1.82) is 0 Å². The van der Waals surface area contributed by atoms with Crippen molar-refractivity contribution in [2.24, 2.45) is 17.3 Å². The smallest absolute Gasteiger partial charge is 0.309 e. The van der Waals surface area contributed by atoms with Gasteiger partial charge in [-0.1, -0.05) is 52.0 Å². The number of hydrogen-bond acceptors (Lipinski definition) is 7. The molecule has 0 saturated heterocycles. The van der Waals surface area contributed by atoms with E-state index in [2.05, 4.69) is 11.1 Å². The molecule has 2 N–H and O–H groups in total. The van der Waals surface area contributed by atoms with E-state index in [1.165, 1.54) is 0 Å². The van der Waals surface area contributed by atoms with Gasteiger partial charge in [0.2, 0.25) is 0 Å². The van der Waals surface area contributed by atoms with E-state index in [0.29, 0.717) is 19.3 Å². The molecule has 7 heteroatoms. The summed E-state index contributed by atoms with van der Waals surface area (Å²) in [5.41, 5.74) is 2.69. The summed E-state index contributed by atoms with van der Waals surface area (Å²) < 4.78 is 5.88. The van der Waals surface area contributed by atoms with Crippen LogP contribution in [0, 0.1) is 24.2 Å². The summed E-state index contributed by atoms with van der Waals surface area (Å²) >= 11 is 1.56. The first-order chi connectivity index (χ1) is 16.9. The largest absolute Gasteiger partial charge is 0.458 e. The van der Waals surface area contributed by atoms with Crippen LogP contribution in [0.1, 0.15) is 69.3 Å². The minimum Gasteiger partial charge on any atom is -0.458 e. The first-order valence-electron chi connectivity index (χ1n) is 12.7. The Hall–Kier alpha value is -2.35. The average molecular weight is 514 g/mol. The van der Waals surface area contributed by atoms with Crippen molar-refractivity contribution in [2.45, 2.75) is 85.5 Å². The SMILES string of the molecule is C/C(=C\c1csc(C)n1)[C@@H]1CCc2cccc(c2)C[C@@H](C)[C@H](O)[C@@H](C)C(=O)C(C)(C)[C@@H](O)CC(=O)O1. The number of esters is 1. The highest BCUT2D eigenvalue weighted by Gasteiger charge is 2.42. The van der Waals surface area contributed by atoms with Gasteiger partial charge in [-0.2, -0.15) is 0 Å². The lowest BCUT2D eigenvalue weighted by Gasteiger charge is -2.34. The zero-order valence-corrected chi connectivity index (χ0v) is 23.0. The lowest BCUT2D eigenvalue weighted by Crippen LogP contribution is -2.46. The van der Waals surface area contributed by atoms with Gasteiger partial charge in [-0.15, -0.1) is 11.3 Å². The molecule has 36 heavy (non-hydrogen) atoms. The molecule has 0 spiro atoms. The maximum Gasteiger partial charge on any atom is 0.309 e. The standard InChI is InChI=1S/C29H39NO5S/c1-17(13-23-16-36-20(4)30-23)24-11-10-21-8-7-9-22(14-21)12-18(2)27(33)19(3)28(34)29(5,6)25(31)15-26(32)35-24/h7-9,13-14,16,18-19,24-25,27,31,33H,10-12,15H2,1-6H3/b17-13+/t18-,19-,24+,25+,27+/m1/s1. The third-order valence-electron chi connectivity index (χ3n) is 7.38. The van der Waals surface area contributed by atoms with E-state index in [1.807, 2.05) is 50.4 Å². The number of ether oxygens (including phenoxy) is 1. The van der Waals surface area contributed by atoms with Gasteiger partial charge in [0.05, 0.1) is 34.7 Å². The van der Waals surface area contributed by atoms with E-state index >= 15 is 0 Å². The maximum absolute atomic E-state index is 13.3. The summed E-state index contributed by atoms with van der Waals surface area (Å²) in [4.78, 5) is 30.7. The molecule has 0 amide bonds. The van der Waals surface area contributed by atoms with Crippen LogP contribution in [0.2, 0.25) is 0 Å². The second-order valence-corrected chi connectivity index (χ2v) is 11.8. The third-order valence-corrected chi connectivity index (χ3v) is 8.17. The predicted octanol–water partition coefficient (Wildman–Crippen LogP) is 4.93. The van der Waals surface area contributed by atoms with Crippen molar-refractivity contribution in [3.63, 3.8) is 0 Å².